The lowest BCUT2D eigenvalue weighted by molar-refractivity contribution is -0.168. The van der Waals surface area contributed by atoms with Crippen LogP contribution >= 0.6 is 0 Å². The SMILES string of the molecule is OC(c1ccc(COC2CCCCO2)cc1)c1cc2c3c(c1)CCCN3CCC2. The monoisotopic (exact) mass is 393 g/mol. The van der Waals surface area contributed by atoms with Crippen molar-refractivity contribution in [1.82, 2.24) is 0 Å². The Morgan fingerprint density at radius 2 is 1.69 bits per heavy atom. The minimum absolute atomic E-state index is 0.0685. The number of aliphatic hydroxyl groups is 1. The number of nitrogens with zero attached hydrogens (tertiary/aromatic N) is 1. The van der Waals surface area contributed by atoms with E-state index >= 15 is 0 Å². The molecule has 4 nitrogen and oxygen atoms in total. The van der Waals surface area contributed by atoms with Crippen LogP contribution in [0.1, 0.15) is 66.0 Å². The van der Waals surface area contributed by atoms with E-state index in [1.165, 1.54) is 49.2 Å². The quantitative estimate of drug-likeness (QED) is 0.812. The van der Waals surface area contributed by atoms with E-state index in [4.69, 9.17) is 9.47 Å². The zero-order valence-electron chi connectivity index (χ0n) is 17.1. The third-order valence-electron chi connectivity index (χ3n) is 6.54. The minimum Gasteiger partial charge on any atom is -0.384 e. The number of hydrogen-bond acceptors (Lipinski definition) is 4. The Hall–Kier alpha value is -1.88. The number of anilines is 1. The molecule has 4 heteroatoms. The van der Waals surface area contributed by atoms with Crippen LogP contribution in [0.3, 0.4) is 0 Å². The van der Waals surface area contributed by atoms with Crippen LogP contribution in [-0.4, -0.2) is 31.1 Å². The van der Waals surface area contributed by atoms with E-state index in [-0.39, 0.29) is 6.29 Å². The van der Waals surface area contributed by atoms with Crippen molar-refractivity contribution in [3.8, 4) is 0 Å². The van der Waals surface area contributed by atoms with Crippen LogP contribution in [-0.2, 0) is 28.9 Å². The van der Waals surface area contributed by atoms with E-state index in [1.807, 2.05) is 12.1 Å². The molecule has 0 spiro atoms. The highest BCUT2D eigenvalue weighted by Gasteiger charge is 2.25. The first-order valence-corrected chi connectivity index (χ1v) is 11.2. The summed E-state index contributed by atoms with van der Waals surface area (Å²) < 4.78 is 11.5. The maximum atomic E-state index is 11.1. The van der Waals surface area contributed by atoms with Crippen LogP contribution < -0.4 is 4.90 Å². The second kappa shape index (κ2) is 8.47. The second-order valence-corrected chi connectivity index (χ2v) is 8.63. The van der Waals surface area contributed by atoms with Crippen molar-refractivity contribution in [2.24, 2.45) is 0 Å². The number of hydrogen-bond donors (Lipinski definition) is 1. The zero-order valence-corrected chi connectivity index (χ0v) is 17.1. The van der Waals surface area contributed by atoms with Crippen LogP contribution in [0, 0.1) is 0 Å². The van der Waals surface area contributed by atoms with E-state index in [0.29, 0.717) is 6.61 Å². The van der Waals surface area contributed by atoms with Gasteiger partial charge in [0.15, 0.2) is 6.29 Å². The molecule has 29 heavy (non-hydrogen) atoms. The first kappa shape index (κ1) is 19.1. The molecule has 0 radical (unpaired) electrons. The standard InChI is InChI=1S/C25H31NO3/c27-25(19-10-8-18(9-11-19)17-29-23-7-1-2-14-28-23)22-15-20-5-3-12-26-13-4-6-21(16-22)24(20)26/h8-11,15-16,23,25,27H,1-7,12-14,17H2. The molecule has 3 aliphatic rings. The number of aliphatic hydroxyl groups excluding tert-OH is 1. The van der Waals surface area contributed by atoms with Crippen molar-refractivity contribution < 1.29 is 14.6 Å². The van der Waals surface area contributed by atoms with Gasteiger partial charge in [0.25, 0.3) is 0 Å². The molecule has 1 saturated heterocycles. The van der Waals surface area contributed by atoms with Gasteiger partial charge in [-0.15, -0.1) is 0 Å². The highest BCUT2D eigenvalue weighted by atomic mass is 16.7. The van der Waals surface area contributed by atoms with Gasteiger partial charge in [-0.25, -0.2) is 0 Å². The fraction of sp³-hybridized carbons (Fsp3) is 0.520. The van der Waals surface area contributed by atoms with Crippen LogP contribution in [0.2, 0.25) is 0 Å². The molecule has 2 aromatic carbocycles. The van der Waals surface area contributed by atoms with Gasteiger partial charge in [-0.1, -0.05) is 36.4 Å². The molecular weight excluding hydrogens is 362 g/mol. The fourth-order valence-corrected chi connectivity index (χ4v) is 5.01. The number of rotatable bonds is 5. The highest BCUT2D eigenvalue weighted by Crippen LogP contribution is 2.38. The molecule has 2 atom stereocenters. The van der Waals surface area contributed by atoms with Gasteiger partial charge < -0.3 is 19.5 Å². The lowest BCUT2D eigenvalue weighted by Gasteiger charge is -2.37. The Morgan fingerprint density at radius 1 is 0.966 bits per heavy atom. The van der Waals surface area contributed by atoms with Crippen molar-refractivity contribution in [2.45, 2.75) is 63.9 Å². The zero-order chi connectivity index (χ0) is 19.6. The Balaban J connectivity index is 1.30. The largest absolute Gasteiger partial charge is 0.384 e. The average Bonchev–Trinajstić information content (AvgIpc) is 2.78. The van der Waals surface area contributed by atoms with Gasteiger partial charge in [0, 0.05) is 25.4 Å². The van der Waals surface area contributed by atoms with E-state index in [9.17, 15) is 5.11 Å². The third kappa shape index (κ3) is 4.07. The summed E-state index contributed by atoms with van der Waals surface area (Å²) in [5, 5.41) is 11.1. The molecule has 0 amide bonds. The van der Waals surface area contributed by atoms with Gasteiger partial charge in [-0.2, -0.15) is 0 Å². The Kier molecular flexibility index (Phi) is 5.58. The smallest absolute Gasteiger partial charge is 0.158 e. The van der Waals surface area contributed by atoms with Crippen molar-refractivity contribution in [3.05, 3.63) is 64.2 Å². The molecule has 2 unspecified atom stereocenters. The number of benzene rings is 2. The van der Waals surface area contributed by atoms with E-state index < -0.39 is 6.10 Å². The molecule has 3 heterocycles. The average molecular weight is 394 g/mol. The number of aryl methyl sites for hydroxylation is 2. The highest BCUT2D eigenvalue weighted by molar-refractivity contribution is 5.64. The van der Waals surface area contributed by atoms with E-state index in [2.05, 4.69) is 29.2 Å². The summed E-state index contributed by atoms with van der Waals surface area (Å²) in [6.07, 6.45) is 7.32. The van der Waals surface area contributed by atoms with Crippen LogP contribution in [0.25, 0.3) is 0 Å². The van der Waals surface area contributed by atoms with E-state index in [1.54, 1.807) is 0 Å². The van der Waals surface area contributed by atoms with Crippen molar-refractivity contribution in [3.63, 3.8) is 0 Å². The minimum atomic E-state index is -0.578. The van der Waals surface area contributed by atoms with Crippen molar-refractivity contribution in [2.75, 3.05) is 24.6 Å². The second-order valence-electron chi connectivity index (χ2n) is 8.63. The summed E-state index contributed by atoms with van der Waals surface area (Å²) >= 11 is 0. The van der Waals surface area contributed by atoms with Crippen LogP contribution in [0.4, 0.5) is 5.69 Å². The lowest BCUT2D eigenvalue weighted by atomic mass is 9.88. The van der Waals surface area contributed by atoms with Gasteiger partial charge in [-0.3, -0.25) is 0 Å². The summed E-state index contributed by atoms with van der Waals surface area (Å²) in [6.45, 7) is 3.71. The molecule has 1 N–H and O–H groups in total. The molecule has 0 aromatic heterocycles. The summed E-state index contributed by atoms with van der Waals surface area (Å²) in [5.41, 5.74) is 7.38. The normalized spacial score (nSPS) is 22.2. The molecule has 0 bridgehead atoms. The van der Waals surface area contributed by atoms with Crippen LogP contribution in [0.15, 0.2) is 36.4 Å². The summed E-state index contributed by atoms with van der Waals surface area (Å²) in [7, 11) is 0. The fourth-order valence-electron chi connectivity index (χ4n) is 5.01. The summed E-state index contributed by atoms with van der Waals surface area (Å²) in [4.78, 5) is 2.54. The maximum Gasteiger partial charge on any atom is 0.158 e. The topological polar surface area (TPSA) is 41.9 Å². The Labute approximate surface area is 173 Å². The maximum absolute atomic E-state index is 11.1. The van der Waals surface area contributed by atoms with Gasteiger partial charge in [-0.05, 0) is 72.8 Å². The molecule has 1 fully saturated rings. The molecule has 3 aliphatic heterocycles. The summed E-state index contributed by atoms with van der Waals surface area (Å²) in [6, 6.07) is 12.7. The third-order valence-corrected chi connectivity index (χ3v) is 6.54. The molecule has 0 aliphatic carbocycles. The first-order valence-electron chi connectivity index (χ1n) is 11.2. The van der Waals surface area contributed by atoms with Crippen molar-refractivity contribution in [1.29, 1.82) is 0 Å². The van der Waals surface area contributed by atoms with Gasteiger partial charge in [0.2, 0.25) is 0 Å². The Morgan fingerprint density at radius 3 is 2.34 bits per heavy atom. The number of ether oxygens (including phenoxy) is 2. The molecule has 154 valence electrons. The predicted octanol–water partition coefficient (Wildman–Crippen LogP) is 4.51. The molecule has 2 aromatic rings. The van der Waals surface area contributed by atoms with Crippen molar-refractivity contribution >= 4 is 5.69 Å². The van der Waals surface area contributed by atoms with Gasteiger partial charge >= 0.3 is 0 Å². The first-order chi connectivity index (χ1) is 14.3. The van der Waals surface area contributed by atoms with Crippen LogP contribution in [0.5, 0.6) is 0 Å². The van der Waals surface area contributed by atoms with Gasteiger partial charge in [0.05, 0.1) is 6.61 Å². The molecular formula is C25H31NO3. The molecule has 5 rings (SSSR count). The van der Waals surface area contributed by atoms with E-state index in [0.717, 1.165) is 49.0 Å². The predicted molar refractivity (Wildman–Crippen MR) is 114 cm³/mol. The molecule has 0 saturated carbocycles. The lowest BCUT2D eigenvalue weighted by Crippen LogP contribution is -2.34. The summed E-state index contributed by atoms with van der Waals surface area (Å²) in [5.74, 6) is 0. The van der Waals surface area contributed by atoms with Gasteiger partial charge in [0.1, 0.15) is 6.10 Å². The Bertz CT molecular complexity index is 811.